The lowest BCUT2D eigenvalue weighted by Crippen LogP contribution is -2.26. The van der Waals surface area contributed by atoms with Gasteiger partial charge in [-0.3, -0.25) is 4.98 Å². The first kappa shape index (κ1) is 20.3. The summed E-state index contributed by atoms with van der Waals surface area (Å²) in [6, 6.07) is 6.54. The van der Waals surface area contributed by atoms with E-state index in [0.29, 0.717) is 5.56 Å². The Balaban J connectivity index is 1.93. The van der Waals surface area contributed by atoms with Crippen molar-refractivity contribution in [2.24, 2.45) is 5.73 Å². The van der Waals surface area contributed by atoms with Crippen LogP contribution in [0.3, 0.4) is 0 Å². The lowest BCUT2D eigenvalue weighted by atomic mass is 10.2. The second-order valence-electron chi connectivity index (χ2n) is 5.82. The molecule has 7 nitrogen and oxygen atoms in total. The largest absolute Gasteiger partial charge is 0.433 e. The standard InChI is InChI=1S/C17H13F5N6O/c18-15(19)11(6-23)8-28-16(29)27(9-25-28)14-3-1-2-12(26-14)10-4-5-13(24-7-10)17(20,21)22/h1-5,7,9H,6,8,23H2. The number of hydrogen-bond acceptors (Lipinski definition) is 5. The predicted octanol–water partition coefficient (Wildman–Crippen LogP) is 2.62. The number of halogens is 5. The smallest absolute Gasteiger partial charge is 0.327 e. The van der Waals surface area contributed by atoms with Crippen molar-refractivity contribution in [2.75, 3.05) is 6.54 Å². The zero-order chi connectivity index (χ0) is 21.2. The molecule has 0 radical (unpaired) electrons. The van der Waals surface area contributed by atoms with Crippen molar-refractivity contribution in [1.82, 2.24) is 24.3 Å². The van der Waals surface area contributed by atoms with Crippen LogP contribution >= 0.6 is 0 Å². The molecule has 0 fully saturated rings. The lowest BCUT2D eigenvalue weighted by molar-refractivity contribution is -0.141. The summed E-state index contributed by atoms with van der Waals surface area (Å²) in [5.41, 5.74) is 3.59. The predicted molar refractivity (Wildman–Crippen MR) is 92.1 cm³/mol. The van der Waals surface area contributed by atoms with Crippen molar-refractivity contribution < 1.29 is 22.0 Å². The zero-order valence-corrected chi connectivity index (χ0v) is 14.6. The molecule has 3 aromatic heterocycles. The van der Waals surface area contributed by atoms with E-state index in [9.17, 15) is 26.7 Å². The zero-order valence-electron chi connectivity index (χ0n) is 14.6. The Bertz CT molecular complexity index is 1100. The van der Waals surface area contributed by atoms with Gasteiger partial charge >= 0.3 is 11.9 Å². The minimum Gasteiger partial charge on any atom is -0.327 e. The lowest BCUT2D eigenvalue weighted by Gasteiger charge is -2.07. The number of rotatable bonds is 5. The highest BCUT2D eigenvalue weighted by Gasteiger charge is 2.32. The monoisotopic (exact) mass is 412 g/mol. The van der Waals surface area contributed by atoms with Gasteiger partial charge in [-0.2, -0.15) is 27.1 Å². The fourth-order valence-corrected chi connectivity index (χ4v) is 2.42. The molecule has 3 heterocycles. The summed E-state index contributed by atoms with van der Waals surface area (Å²) in [5.74, 6) is 0.109. The van der Waals surface area contributed by atoms with Gasteiger partial charge in [-0.1, -0.05) is 6.07 Å². The van der Waals surface area contributed by atoms with Gasteiger partial charge in [0, 0.05) is 23.9 Å². The van der Waals surface area contributed by atoms with Gasteiger partial charge in [0.15, 0.2) is 0 Å². The van der Waals surface area contributed by atoms with Crippen molar-refractivity contribution in [2.45, 2.75) is 12.7 Å². The Kier molecular flexibility index (Phi) is 5.55. The maximum atomic E-state index is 12.8. The third-order valence-electron chi connectivity index (χ3n) is 3.92. The molecule has 2 N–H and O–H groups in total. The summed E-state index contributed by atoms with van der Waals surface area (Å²) in [6.07, 6.45) is -4.43. The summed E-state index contributed by atoms with van der Waals surface area (Å²) in [7, 11) is 0. The average Bonchev–Trinajstić information content (AvgIpc) is 3.05. The van der Waals surface area contributed by atoms with Crippen molar-refractivity contribution in [3.63, 3.8) is 0 Å². The maximum Gasteiger partial charge on any atom is 0.433 e. The van der Waals surface area contributed by atoms with Gasteiger partial charge < -0.3 is 5.73 Å². The van der Waals surface area contributed by atoms with Crippen LogP contribution in [0.5, 0.6) is 0 Å². The molecule has 0 amide bonds. The van der Waals surface area contributed by atoms with Crippen molar-refractivity contribution in [3.05, 3.63) is 70.7 Å². The summed E-state index contributed by atoms with van der Waals surface area (Å²) in [6.45, 7) is -0.913. The first-order chi connectivity index (χ1) is 13.7. The summed E-state index contributed by atoms with van der Waals surface area (Å²) < 4.78 is 65.2. The minimum atomic E-state index is -4.56. The third kappa shape index (κ3) is 4.37. The fourth-order valence-electron chi connectivity index (χ4n) is 2.42. The van der Waals surface area contributed by atoms with Gasteiger partial charge in [0.25, 0.3) is 6.08 Å². The van der Waals surface area contributed by atoms with Gasteiger partial charge in [-0.25, -0.2) is 19.0 Å². The number of hydrogen-bond donors (Lipinski definition) is 1. The van der Waals surface area contributed by atoms with E-state index in [1.54, 1.807) is 0 Å². The van der Waals surface area contributed by atoms with Crippen LogP contribution in [0.1, 0.15) is 5.69 Å². The summed E-state index contributed by atoms with van der Waals surface area (Å²) in [4.78, 5) is 20.0. The van der Waals surface area contributed by atoms with E-state index >= 15 is 0 Å². The van der Waals surface area contributed by atoms with Gasteiger partial charge in [0.05, 0.1) is 12.2 Å². The molecule has 3 rings (SSSR count). The molecular formula is C17H13F5N6O. The molecule has 29 heavy (non-hydrogen) atoms. The molecule has 0 atom stereocenters. The molecule has 3 aromatic rings. The van der Waals surface area contributed by atoms with Gasteiger partial charge in [0.2, 0.25) is 0 Å². The van der Waals surface area contributed by atoms with Crippen molar-refractivity contribution >= 4 is 0 Å². The van der Waals surface area contributed by atoms with E-state index in [-0.39, 0.29) is 11.5 Å². The topological polar surface area (TPSA) is 91.6 Å². The number of alkyl halides is 3. The average molecular weight is 412 g/mol. The quantitative estimate of drug-likeness (QED) is 0.651. The highest BCUT2D eigenvalue weighted by molar-refractivity contribution is 5.59. The van der Waals surface area contributed by atoms with E-state index in [4.69, 9.17) is 5.73 Å². The van der Waals surface area contributed by atoms with Crippen molar-refractivity contribution in [1.29, 1.82) is 0 Å². The summed E-state index contributed by atoms with van der Waals surface area (Å²) >= 11 is 0. The SMILES string of the molecule is NCC(Cn1ncn(-c2cccc(-c3ccc(C(F)(F)F)nc3)n2)c1=O)=C(F)F. The normalized spacial score (nSPS) is 11.5. The van der Waals surface area contributed by atoms with Gasteiger partial charge in [-0.15, -0.1) is 0 Å². The molecule has 0 aliphatic heterocycles. The van der Waals surface area contributed by atoms with Gasteiger partial charge in [0.1, 0.15) is 17.8 Å². The Morgan fingerprint density at radius 3 is 2.48 bits per heavy atom. The van der Waals surface area contributed by atoms with E-state index in [1.807, 2.05) is 0 Å². The van der Waals surface area contributed by atoms with E-state index in [2.05, 4.69) is 15.1 Å². The first-order valence-electron chi connectivity index (χ1n) is 8.09. The minimum absolute atomic E-state index is 0.109. The Morgan fingerprint density at radius 1 is 1.14 bits per heavy atom. The van der Waals surface area contributed by atoms with Crippen LogP contribution in [0.15, 0.2) is 59.3 Å². The number of pyridine rings is 2. The van der Waals surface area contributed by atoms with Crippen LogP contribution in [-0.2, 0) is 12.7 Å². The molecule has 0 aliphatic rings. The van der Waals surface area contributed by atoms with Crippen LogP contribution in [0, 0.1) is 0 Å². The van der Waals surface area contributed by atoms with Crippen LogP contribution in [0.25, 0.3) is 17.1 Å². The first-order valence-corrected chi connectivity index (χ1v) is 8.09. The second kappa shape index (κ2) is 7.91. The van der Waals surface area contributed by atoms with Gasteiger partial charge in [-0.05, 0) is 24.3 Å². The number of nitrogens with zero attached hydrogens (tertiary/aromatic N) is 5. The molecule has 0 saturated carbocycles. The highest BCUT2D eigenvalue weighted by Crippen LogP contribution is 2.28. The highest BCUT2D eigenvalue weighted by atomic mass is 19.4. The Morgan fingerprint density at radius 2 is 1.90 bits per heavy atom. The Labute approximate surface area is 159 Å². The number of nitrogens with two attached hydrogens (primary N) is 1. The summed E-state index contributed by atoms with van der Waals surface area (Å²) in [5, 5.41) is 3.77. The molecular weight excluding hydrogens is 399 g/mol. The number of aromatic nitrogens is 5. The molecule has 0 aromatic carbocycles. The molecule has 12 heteroatoms. The molecule has 0 aliphatic carbocycles. The molecule has 0 bridgehead atoms. The van der Waals surface area contributed by atoms with Crippen molar-refractivity contribution in [3.8, 4) is 17.1 Å². The van der Waals surface area contributed by atoms with E-state index < -0.39 is 42.3 Å². The molecule has 152 valence electrons. The second-order valence-corrected chi connectivity index (χ2v) is 5.82. The fraction of sp³-hybridized carbons (Fsp3) is 0.176. The van der Waals surface area contributed by atoms with Crippen LogP contribution < -0.4 is 11.4 Å². The Hall–Kier alpha value is -3.41. The molecule has 0 unspecified atom stereocenters. The maximum absolute atomic E-state index is 12.8. The van der Waals surface area contributed by atoms with E-state index in [0.717, 1.165) is 27.8 Å². The van der Waals surface area contributed by atoms with Crippen LogP contribution in [0.4, 0.5) is 22.0 Å². The van der Waals surface area contributed by atoms with Crippen LogP contribution in [-0.4, -0.2) is 30.9 Å². The van der Waals surface area contributed by atoms with E-state index in [1.165, 1.54) is 24.3 Å². The third-order valence-corrected chi connectivity index (χ3v) is 3.92. The molecule has 0 spiro atoms. The molecule has 0 saturated heterocycles. The van der Waals surface area contributed by atoms with Crippen LogP contribution in [0.2, 0.25) is 0 Å².